The Morgan fingerprint density at radius 2 is 1.12 bits per heavy atom. The lowest BCUT2D eigenvalue weighted by molar-refractivity contribution is -0.00976. The minimum absolute atomic E-state index is 0.459. The van der Waals surface area contributed by atoms with Gasteiger partial charge < -0.3 is 34.2 Å². The Morgan fingerprint density at radius 1 is 0.667 bits per heavy atom. The van der Waals surface area contributed by atoms with Crippen molar-refractivity contribution in [3.05, 3.63) is 24.3 Å². The number of benzene rings is 1. The van der Waals surface area contributed by atoms with Crippen molar-refractivity contribution >= 4 is 5.69 Å². The molecule has 138 valence electrons. The maximum absolute atomic E-state index is 5.77. The predicted octanol–water partition coefficient (Wildman–Crippen LogP) is 1.36. The van der Waals surface area contributed by atoms with Crippen molar-refractivity contribution in [1.82, 2.24) is 0 Å². The van der Waals surface area contributed by atoms with Gasteiger partial charge in [0.15, 0.2) is 0 Å². The van der Waals surface area contributed by atoms with E-state index in [1.807, 2.05) is 18.2 Å². The van der Waals surface area contributed by atoms with Gasteiger partial charge in [-0.2, -0.15) is 0 Å². The summed E-state index contributed by atoms with van der Waals surface area (Å²) in [7, 11) is 1.65. The molecule has 0 heterocycles. The number of rotatable bonds is 16. The number of ether oxygens (including phenoxy) is 6. The molecule has 0 radical (unpaired) electrons. The van der Waals surface area contributed by atoms with Gasteiger partial charge in [0.1, 0.15) is 12.4 Å². The van der Waals surface area contributed by atoms with E-state index in [4.69, 9.17) is 34.2 Å². The average molecular weight is 343 g/mol. The summed E-state index contributed by atoms with van der Waals surface area (Å²) in [5.74, 6) is 0.681. The molecule has 0 bridgehead atoms. The number of methoxy groups -OCH3 is 1. The van der Waals surface area contributed by atoms with Crippen LogP contribution in [0.25, 0.3) is 0 Å². The minimum atomic E-state index is 0.459. The van der Waals surface area contributed by atoms with Crippen molar-refractivity contribution in [2.45, 2.75) is 0 Å². The van der Waals surface area contributed by atoms with E-state index in [9.17, 15) is 0 Å². The van der Waals surface area contributed by atoms with Crippen LogP contribution in [0.1, 0.15) is 0 Å². The summed E-state index contributed by atoms with van der Waals surface area (Å²) in [6.07, 6.45) is 0. The predicted molar refractivity (Wildman–Crippen MR) is 91.5 cm³/mol. The van der Waals surface area contributed by atoms with E-state index >= 15 is 0 Å². The topological polar surface area (TPSA) is 81.4 Å². The van der Waals surface area contributed by atoms with Crippen molar-refractivity contribution < 1.29 is 28.4 Å². The van der Waals surface area contributed by atoms with Crippen LogP contribution in [0.2, 0.25) is 0 Å². The summed E-state index contributed by atoms with van der Waals surface area (Å²) in [4.78, 5) is 0. The Kier molecular flexibility index (Phi) is 13.1. The molecule has 24 heavy (non-hydrogen) atoms. The number of nitrogens with two attached hydrogens (primary N) is 1. The fraction of sp³-hybridized carbons (Fsp3) is 0.647. The maximum atomic E-state index is 5.77. The SMILES string of the molecule is COCCOCCOCCOCCOCCOc1ccccc1N. The van der Waals surface area contributed by atoms with E-state index < -0.39 is 0 Å². The third kappa shape index (κ3) is 11.2. The van der Waals surface area contributed by atoms with Gasteiger partial charge in [0.25, 0.3) is 0 Å². The molecule has 2 N–H and O–H groups in total. The maximum Gasteiger partial charge on any atom is 0.142 e. The highest BCUT2D eigenvalue weighted by Crippen LogP contribution is 2.19. The minimum Gasteiger partial charge on any atom is -0.489 e. The molecule has 7 heteroatoms. The number of para-hydroxylation sites is 2. The van der Waals surface area contributed by atoms with Crippen LogP contribution < -0.4 is 10.5 Å². The van der Waals surface area contributed by atoms with E-state index in [1.165, 1.54) is 0 Å². The number of nitrogen functional groups attached to an aromatic ring is 1. The van der Waals surface area contributed by atoms with Crippen LogP contribution in [0.3, 0.4) is 0 Å². The van der Waals surface area contributed by atoms with Gasteiger partial charge in [0.2, 0.25) is 0 Å². The first kappa shape index (κ1) is 20.7. The summed E-state index contributed by atoms with van der Waals surface area (Å²) < 4.78 is 31.8. The lowest BCUT2D eigenvalue weighted by Gasteiger charge is -2.09. The Bertz CT molecular complexity index is 404. The van der Waals surface area contributed by atoms with Crippen LogP contribution in [-0.2, 0) is 23.7 Å². The molecule has 1 aromatic rings. The molecule has 7 nitrogen and oxygen atoms in total. The fourth-order valence-corrected chi connectivity index (χ4v) is 1.73. The molecule has 1 aromatic carbocycles. The van der Waals surface area contributed by atoms with E-state index in [2.05, 4.69) is 0 Å². The standard InChI is InChI=1S/C17H29NO6/c1-19-6-7-20-8-9-21-10-11-22-12-13-23-14-15-24-17-5-3-2-4-16(17)18/h2-5H,6-15,18H2,1H3. The fourth-order valence-electron chi connectivity index (χ4n) is 1.73. The molecule has 0 spiro atoms. The van der Waals surface area contributed by atoms with Crippen LogP contribution in [0.4, 0.5) is 5.69 Å². The molecule has 0 aromatic heterocycles. The molecule has 0 saturated heterocycles. The van der Waals surface area contributed by atoms with E-state index in [1.54, 1.807) is 13.2 Å². The highest BCUT2D eigenvalue weighted by Gasteiger charge is 1.98. The largest absolute Gasteiger partial charge is 0.489 e. The monoisotopic (exact) mass is 343 g/mol. The number of hydrogen-bond donors (Lipinski definition) is 1. The Labute approximate surface area is 143 Å². The van der Waals surface area contributed by atoms with Crippen molar-refractivity contribution in [3.63, 3.8) is 0 Å². The lowest BCUT2D eigenvalue weighted by Crippen LogP contribution is -2.14. The Morgan fingerprint density at radius 3 is 1.62 bits per heavy atom. The second-order valence-corrected chi connectivity index (χ2v) is 4.83. The molecular weight excluding hydrogens is 314 g/mol. The number of anilines is 1. The van der Waals surface area contributed by atoms with Crippen LogP contribution >= 0.6 is 0 Å². The summed E-state index contributed by atoms with van der Waals surface area (Å²) in [5.41, 5.74) is 6.40. The molecule has 1 rings (SSSR count). The first-order valence-electron chi connectivity index (χ1n) is 8.12. The average Bonchev–Trinajstić information content (AvgIpc) is 2.60. The molecule has 0 fully saturated rings. The van der Waals surface area contributed by atoms with Gasteiger partial charge >= 0.3 is 0 Å². The Balaban J connectivity index is 1.77. The third-order valence-electron chi connectivity index (χ3n) is 2.95. The smallest absolute Gasteiger partial charge is 0.142 e. The van der Waals surface area contributed by atoms with Gasteiger partial charge in [-0.3, -0.25) is 0 Å². The molecule has 0 aliphatic carbocycles. The van der Waals surface area contributed by atoms with Crippen LogP contribution in [-0.4, -0.2) is 73.2 Å². The van der Waals surface area contributed by atoms with Gasteiger partial charge in [0, 0.05) is 7.11 Å². The molecule has 0 aliphatic heterocycles. The second kappa shape index (κ2) is 15.2. The zero-order valence-electron chi connectivity index (χ0n) is 14.4. The van der Waals surface area contributed by atoms with Crippen molar-refractivity contribution in [3.8, 4) is 5.75 Å². The Hall–Kier alpha value is -1.38. The van der Waals surface area contributed by atoms with Crippen molar-refractivity contribution in [1.29, 1.82) is 0 Å². The van der Waals surface area contributed by atoms with Crippen LogP contribution in [0, 0.1) is 0 Å². The zero-order chi connectivity index (χ0) is 17.3. The van der Waals surface area contributed by atoms with Gasteiger partial charge in [-0.05, 0) is 12.1 Å². The van der Waals surface area contributed by atoms with Crippen LogP contribution in [0.5, 0.6) is 5.75 Å². The van der Waals surface area contributed by atoms with Crippen molar-refractivity contribution in [2.24, 2.45) is 0 Å². The lowest BCUT2D eigenvalue weighted by atomic mass is 10.3. The highest BCUT2D eigenvalue weighted by atomic mass is 16.6. The zero-order valence-corrected chi connectivity index (χ0v) is 14.4. The molecule has 0 saturated carbocycles. The molecule has 0 atom stereocenters. The first-order chi connectivity index (χ1) is 11.8. The molecular formula is C17H29NO6. The van der Waals surface area contributed by atoms with Gasteiger partial charge in [-0.15, -0.1) is 0 Å². The third-order valence-corrected chi connectivity index (χ3v) is 2.95. The molecule has 0 amide bonds. The normalized spacial score (nSPS) is 10.9. The highest BCUT2D eigenvalue weighted by molar-refractivity contribution is 5.51. The van der Waals surface area contributed by atoms with Crippen molar-refractivity contribution in [2.75, 3.05) is 78.9 Å². The van der Waals surface area contributed by atoms with E-state index in [-0.39, 0.29) is 0 Å². The summed E-state index contributed by atoms with van der Waals surface area (Å²) >= 11 is 0. The van der Waals surface area contributed by atoms with Crippen LogP contribution in [0.15, 0.2) is 24.3 Å². The second-order valence-electron chi connectivity index (χ2n) is 4.83. The quantitative estimate of drug-likeness (QED) is 0.358. The summed E-state index contributed by atoms with van der Waals surface area (Å²) in [6, 6.07) is 7.39. The summed E-state index contributed by atoms with van der Waals surface area (Å²) in [5, 5.41) is 0. The van der Waals surface area contributed by atoms with Gasteiger partial charge in [-0.1, -0.05) is 12.1 Å². The van der Waals surface area contributed by atoms with E-state index in [0.29, 0.717) is 77.5 Å². The van der Waals surface area contributed by atoms with E-state index in [0.717, 1.165) is 0 Å². The summed E-state index contributed by atoms with van der Waals surface area (Å²) in [6.45, 7) is 5.41. The molecule has 0 aliphatic rings. The molecule has 0 unspecified atom stereocenters. The first-order valence-corrected chi connectivity index (χ1v) is 8.12. The van der Waals surface area contributed by atoms with Gasteiger partial charge in [0.05, 0.1) is 65.1 Å². The van der Waals surface area contributed by atoms with Gasteiger partial charge in [-0.25, -0.2) is 0 Å². The number of hydrogen-bond acceptors (Lipinski definition) is 7.